The molecule has 0 aliphatic carbocycles. The molecule has 2 heterocycles. The average molecular weight is 422 g/mol. The normalized spacial score (nSPS) is 18.0. The number of guanidine groups is 1. The molecule has 1 aliphatic heterocycles. The maximum atomic E-state index is 5.57. The smallest absolute Gasteiger partial charge is 0.191 e. The minimum absolute atomic E-state index is 0. The van der Waals surface area contributed by atoms with E-state index in [1.54, 1.807) is 19.4 Å². The van der Waals surface area contributed by atoms with E-state index in [0.29, 0.717) is 13.2 Å². The van der Waals surface area contributed by atoms with Gasteiger partial charge in [0.25, 0.3) is 0 Å². The molecule has 5 nitrogen and oxygen atoms in total. The average Bonchev–Trinajstić information content (AvgIpc) is 3.01. The molecule has 0 saturated carbocycles. The van der Waals surface area contributed by atoms with Crippen LogP contribution in [-0.2, 0) is 0 Å². The molecule has 1 aromatic rings. The summed E-state index contributed by atoms with van der Waals surface area (Å²) in [5, 5.41) is 7.33. The van der Waals surface area contributed by atoms with Gasteiger partial charge in [-0.05, 0) is 30.7 Å². The first-order chi connectivity index (χ1) is 9.88. The van der Waals surface area contributed by atoms with E-state index in [2.05, 4.69) is 20.6 Å². The number of hydrogen-bond acceptors (Lipinski definition) is 4. The lowest BCUT2D eigenvalue weighted by atomic mass is 10.2. The summed E-state index contributed by atoms with van der Waals surface area (Å²) in [6, 6.07) is 3.76. The Morgan fingerprint density at radius 3 is 3.10 bits per heavy atom. The second-order valence-electron chi connectivity index (χ2n) is 4.55. The summed E-state index contributed by atoms with van der Waals surface area (Å²) in [5.41, 5.74) is 0. The van der Waals surface area contributed by atoms with Crippen LogP contribution in [0.1, 0.15) is 12.8 Å². The molecule has 7 heteroatoms. The summed E-state index contributed by atoms with van der Waals surface area (Å²) < 4.78 is 5.57. The van der Waals surface area contributed by atoms with Crippen molar-refractivity contribution in [2.75, 3.05) is 32.5 Å². The molecule has 0 spiro atoms. The van der Waals surface area contributed by atoms with Crippen LogP contribution in [0.4, 0.5) is 0 Å². The highest BCUT2D eigenvalue weighted by Gasteiger charge is 2.15. The Hall–Kier alpha value is -0.700. The predicted molar refractivity (Wildman–Crippen MR) is 100.0 cm³/mol. The summed E-state index contributed by atoms with van der Waals surface area (Å²) >= 11 is 2.04. The topological polar surface area (TPSA) is 58.5 Å². The standard InChI is InChI=1S/C14H22N4OS.HI/c1-15-14(18-11-13-5-3-9-20-13)17-7-8-19-12-4-2-6-16-10-12;/h2,4,6,10,13H,3,5,7-9,11H2,1H3,(H2,15,17,18);1H. The fourth-order valence-electron chi connectivity index (χ4n) is 2.01. The number of rotatable bonds is 6. The van der Waals surface area contributed by atoms with Crippen LogP contribution < -0.4 is 15.4 Å². The first-order valence-electron chi connectivity index (χ1n) is 6.97. The molecule has 1 fully saturated rings. The van der Waals surface area contributed by atoms with Gasteiger partial charge >= 0.3 is 0 Å². The van der Waals surface area contributed by atoms with Crippen molar-refractivity contribution in [3.8, 4) is 5.75 Å². The Bertz CT molecular complexity index is 413. The number of ether oxygens (including phenoxy) is 1. The molecular formula is C14H23IN4OS. The minimum atomic E-state index is 0. The van der Waals surface area contributed by atoms with Gasteiger partial charge in [0.05, 0.1) is 12.7 Å². The van der Waals surface area contributed by atoms with Gasteiger partial charge in [0.15, 0.2) is 5.96 Å². The fraction of sp³-hybridized carbons (Fsp3) is 0.571. The summed E-state index contributed by atoms with van der Waals surface area (Å²) in [5.74, 6) is 2.92. The Morgan fingerprint density at radius 2 is 2.43 bits per heavy atom. The van der Waals surface area contributed by atoms with Gasteiger partial charge in [0, 0.05) is 25.0 Å². The van der Waals surface area contributed by atoms with Crippen LogP contribution >= 0.6 is 35.7 Å². The number of nitrogens with one attached hydrogen (secondary N) is 2. The van der Waals surface area contributed by atoms with E-state index >= 15 is 0 Å². The molecule has 118 valence electrons. The molecule has 0 amide bonds. The van der Waals surface area contributed by atoms with Crippen molar-refractivity contribution >= 4 is 41.7 Å². The van der Waals surface area contributed by atoms with Gasteiger partial charge in [0.1, 0.15) is 12.4 Å². The van der Waals surface area contributed by atoms with Gasteiger partial charge in [-0.3, -0.25) is 9.98 Å². The summed E-state index contributed by atoms with van der Waals surface area (Å²) in [7, 11) is 1.79. The maximum absolute atomic E-state index is 5.57. The van der Waals surface area contributed by atoms with Crippen LogP contribution in [0.5, 0.6) is 5.75 Å². The molecule has 1 saturated heterocycles. The van der Waals surface area contributed by atoms with Crippen molar-refractivity contribution in [3.05, 3.63) is 24.5 Å². The van der Waals surface area contributed by atoms with E-state index in [1.807, 2.05) is 23.9 Å². The lowest BCUT2D eigenvalue weighted by Crippen LogP contribution is -2.41. The van der Waals surface area contributed by atoms with Crippen molar-refractivity contribution in [1.82, 2.24) is 15.6 Å². The van der Waals surface area contributed by atoms with E-state index in [0.717, 1.165) is 23.5 Å². The SMILES string of the molecule is CN=C(NCCOc1cccnc1)NCC1CCCS1.I. The summed E-state index contributed by atoms with van der Waals surface area (Å²) in [6.45, 7) is 2.28. The van der Waals surface area contributed by atoms with Gasteiger partial charge in [-0.15, -0.1) is 24.0 Å². The molecular weight excluding hydrogens is 399 g/mol. The van der Waals surface area contributed by atoms with E-state index in [-0.39, 0.29) is 24.0 Å². The Balaban J connectivity index is 0.00000220. The fourth-order valence-corrected chi connectivity index (χ4v) is 3.21. The predicted octanol–water partition coefficient (Wildman–Crippen LogP) is 2.14. The number of halogens is 1. The second-order valence-corrected chi connectivity index (χ2v) is 5.96. The quantitative estimate of drug-likeness (QED) is 0.319. The zero-order chi connectivity index (χ0) is 14.0. The van der Waals surface area contributed by atoms with Gasteiger partial charge < -0.3 is 15.4 Å². The van der Waals surface area contributed by atoms with Crippen LogP contribution in [0.2, 0.25) is 0 Å². The van der Waals surface area contributed by atoms with Crippen molar-refractivity contribution in [3.63, 3.8) is 0 Å². The highest BCUT2D eigenvalue weighted by atomic mass is 127. The van der Waals surface area contributed by atoms with E-state index < -0.39 is 0 Å². The Kier molecular flexibility index (Phi) is 9.56. The van der Waals surface area contributed by atoms with Crippen molar-refractivity contribution in [1.29, 1.82) is 0 Å². The first kappa shape index (κ1) is 18.3. The van der Waals surface area contributed by atoms with E-state index in [4.69, 9.17) is 4.74 Å². The number of pyridine rings is 1. The van der Waals surface area contributed by atoms with Crippen LogP contribution in [-0.4, -0.2) is 48.7 Å². The van der Waals surface area contributed by atoms with Gasteiger partial charge in [-0.25, -0.2) is 0 Å². The lowest BCUT2D eigenvalue weighted by Gasteiger charge is -2.15. The molecule has 1 aromatic heterocycles. The zero-order valence-corrected chi connectivity index (χ0v) is 15.4. The molecule has 0 radical (unpaired) electrons. The Morgan fingerprint density at radius 1 is 1.52 bits per heavy atom. The molecule has 0 aromatic carbocycles. The largest absolute Gasteiger partial charge is 0.490 e. The minimum Gasteiger partial charge on any atom is -0.490 e. The van der Waals surface area contributed by atoms with Crippen LogP contribution in [0.15, 0.2) is 29.5 Å². The molecule has 2 N–H and O–H groups in total. The van der Waals surface area contributed by atoms with Gasteiger partial charge in [-0.1, -0.05) is 0 Å². The highest BCUT2D eigenvalue weighted by molar-refractivity contribution is 14.0. The molecule has 1 aliphatic rings. The summed E-state index contributed by atoms with van der Waals surface area (Å²) in [4.78, 5) is 8.22. The third kappa shape index (κ3) is 7.21. The number of aliphatic imine (C=N–C) groups is 1. The third-order valence-corrected chi connectivity index (χ3v) is 4.44. The van der Waals surface area contributed by atoms with E-state index in [1.165, 1.54) is 18.6 Å². The van der Waals surface area contributed by atoms with Crippen LogP contribution in [0.25, 0.3) is 0 Å². The van der Waals surface area contributed by atoms with Gasteiger partial charge in [-0.2, -0.15) is 11.8 Å². The maximum Gasteiger partial charge on any atom is 0.191 e. The first-order valence-corrected chi connectivity index (χ1v) is 8.02. The molecule has 2 rings (SSSR count). The summed E-state index contributed by atoms with van der Waals surface area (Å²) in [6.07, 6.45) is 6.09. The number of nitrogens with zero attached hydrogens (tertiary/aromatic N) is 2. The van der Waals surface area contributed by atoms with Gasteiger partial charge in [0.2, 0.25) is 0 Å². The lowest BCUT2D eigenvalue weighted by molar-refractivity contribution is 0.320. The third-order valence-electron chi connectivity index (χ3n) is 3.04. The van der Waals surface area contributed by atoms with Crippen molar-refractivity contribution in [2.45, 2.75) is 18.1 Å². The second kappa shape index (κ2) is 10.9. The zero-order valence-electron chi connectivity index (χ0n) is 12.2. The number of hydrogen-bond donors (Lipinski definition) is 2. The van der Waals surface area contributed by atoms with Crippen LogP contribution in [0, 0.1) is 0 Å². The molecule has 1 unspecified atom stereocenters. The molecule has 21 heavy (non-hydrogen) atoms. The van der Waals surface area contributed by atoms with Crippen LogP contribution in [0.3, 0.4) is 0 Å². The monoisotopic (exact) mass is 422 g/mol. The number of thioether (sulfide) groups is 1. The molecule has 1 atom stereocenters. The highest BCUT2D eigenvalue weighted by Crippen LogP contribution is 2.25. The Labute approximate surface area is 147 Å². The number of aromatic nitrogens is 1. The van der Waals surface area contributed by atoms with Crippen molar-refractivity contribution in [2.24, 2.45) is 4.99 Å². The molecule has 0 bridgehead atoms. The van der Waals surface area contributed by atoms with E-state index in [9.17, 15) is 0 Å². The van der Waals surface area contributed by atoms with Crippen molar-refractivity contribution < 1.29 is 4.74 Å².